The van der Waals surface area contributed by atoms with Gasteiger partial charge in [0, 0.05) is 0 Å². The first kappa shape index (κ1) is 16.2. The molecule has 0 aliphatic carbocycles. The van der Waals surface area contributed by atoms with E-state index in [1.54, 1.807) is 6.92 Å². The minimum atomic E-state index is -0.241. The quantitative estimate of drug-likeness (QED) is 0.260. The summed E-state index contributed by atoms with van der Waals surface area (Å²) in [5.74, 6) is 0.205. The van der Waals surface area contributed by atoms with E-state index in [4.69, 9.17) is 0 Å². The van der Waals surface area contributed by atoms with Crippen LogP contribution in [0.4, 0.5) is 0 Å². The smallest absolute Gasteiger partial charge is 0.311 e. The highest BCUT2D eigenvalue weighted by Crippen LogP contribution is 2.46. The fourth-order valence-electron chi connectivity index (χ4n) is 4.51. The van der Waals surface area contributed by atoms with Crippen molar-refractivity contribution in [1.29, 1.82) is 0 Å². The van der Waals surface area contributed by atoms with Crippen molar-refractivity contribution in [3.8, 4) is 0 Å². The number of likely N-dealkylation sites (tertiary alicyclic amines) is 1. The minimum absolute atomic E-state index is 0.104. The first-order valence-corrected chi connectivity index (χ1v) is 7.18. The van der Waals surface area contributed by atoms with Crippen LogP contribution in [0.25, 0.3) is 0 Å². The highest BCUT2D eigenvalue weighted by Gasteiger charge is 2.63. The maximum Gasteiger partial charge on any atom is 0.311 e. The predicted molar refractivity (Wildman–Crippen MR) is 78.0 cm³/mol. The fourth-order valence-corrected chi connectivity index (χ4v) is 4.51. The summed E-state index contributed by atoms with van der Waals surface area (Å²) in [6, 6.07) is -0.104. The van der Waals surface area contributed by atoms with E-state index in [2.05, 4.69) is 41.3 Å². The van der Waals surface area contributed by atoms with Gasteiger partial charge in [-0.1, -0.05) is 6.92 Å². The van der Waals surface area contributed by atoms with E-state index in [1.165, 1.54) is 0 Å². The van der Waals surface area contributed by atoms with E-state index in [1.807, 2.05) is 0 Å². The van der Waals surface area contributed by atoms with Crippen LogP contribution in [0, 0.1) is 5.21 Å². The number of nitrogens with zero attached hydrogens (tertiary/aromatic N) is 2. The molecule has 1 saturated heterocycles. The first-order chi connectivity index (χ1) is 8.52. The summed E-state index contributed by atoms with van der Waals surface area (Å²) < 4.78 is 1.28. The zero-order valence-electron chi connectivity index (χ0n) is 13.3. The Morgan fingerprint density at radius 1 is 1.32 bits per heavy atom. The van der Waals surface area contributed by atoms with Crippen molar-refractivity contribution in [1.82, 2.24) is 0 Å². The lowest BCUT2D eigenvalue weighted by Crippen LogP contribution is -2.77. The summed E-state index contributed by atoms with van der Waals surface area (Å²) in [7, 11) is 0. The Morgan fingerprint density at radius 2 is 1.74 bits per heavy atom. The van der Waals surface area contributed by atoms with Crippen molar-refractivity contribution in [2.45, 2.75) is 77.9 Å². The van der Waals surface area contributed by atoms with Crippen molar-refractivity contribution in [3.63, 3.8) is 0 Å². The number of amides is 1. The second-order valence-electron chi connectivity index (χ2n) is 7.16. The SMILES string of the molecule is C=[N+]([O-])C1CC(C)(C)[N+](CCC)(C(C)=O)C(C)(C)C1. The molecule has 1 fully saturated rings. The van der Waals surface area contributed by atoms with Crippen LogP contribution in [0.5, 0.6) is 0 Å². The number of carbonyl (C=O) groups excluding carboxylic acids is 1. The zero-order valence-corrected chi connectivity index (χ0v) is 13.3. The molecule has 0 aromatic rings. The average Bonchev–Trinajstić information content (AvgIpc) is 2.21. The molecule has 0 aromatic carbocycles. The van der Waals surface area contributed by atoms with Gasteiger partial charge < -0.3 is 5.21 Å². The molecule has 0 bridgehead atoms. The molecule has 1 aliphatic rings. The third kappa shape index (κ3) is 2.31. The van der Waals surface area contributed by atoms with Crippen molar-refractivity contribution in [2.24, 2.45) is 0 Å². The monoisotopic (exact) mass is 269 g/mol. The van der Waals surface area contributed by atoms with E-state index >= 15 is 0 Å². The second-order valence-corrected chi connectivity index (χ2v) is 7.16. The van der Waals surface area contributed by atoms with E-state index in [0.29, 0.717) is 17.3 Å². The van der Waals surface area contributed by atoms with Gasteiger partial charge >= 0.3 is 5.91 Å². The van der Waals surface area contributed by atoms with Crippen LogP contribution < -0.4 is 0 Å². The lowest BCUT2D eigenvalue weighted by atomic mass is 9.73. The molecule has 0 aromatic heterocycles. The molecule has 0 atom stereocenters. The minimum Gasteiger partial charge on any atom is -0.624 e. The Morgan fingerprint density at radius 3 is 2.00 bits per heavy atom. The Hall–Kier alpha value is -0.900. The van der Waals surface area contributed by atoms with E-state index in [9.17, 15) is 10.0 Å². The summed E-state index contributed by atoms with van der Waals surface area (Å²) in [5, 5.41) is 11.6. The number of hydrogen-bond acceptors (Lipinski definition) is 2. The Balaban J connectivity index is 3.36. The average molecular weight is 269 g/mol. The molecule has 4 heteroatoms. The molecule has 0 saturated carbocycles. The Kier molecular flexibility index (Phi) is 4.16. The second kappa shape index (κ2) is 4.89. The van der Waals surface area contributed by atoms with Gasteiger partial charge in [-0.15, -0.1) is 0 Å². The lowest BCUT2D eigenvalue weighted by Gasteiger charge is -2.60. The summed E-state index contributed by atoms with van der Waals surface area (Å²) in [4.78, 5) is 12.5. The van der Waals surface area contributed by atoms with E-state index in [0.717, 1.165) is 17.7 Å². The van der Waals surface area contributed by atoms with Gasteiger partial charge in [-0.3, -0.25) is 4.48 Å². The molecule has 110 valence electrons. The molecule has 0 unspecified atom stereocenters. The predicted octanol–water partition coefficient (Wildman–Crippen LogP) is 2.69. The highest BCUT2D eigenvalue weighted by atomic mass is 16.5. The molecule has 1 amide bonds. The Labute approximate surface area is 117 Å². The summed E-state index contributed by atoms with van der Waals surface area (Å²) >= 11 is 0. The molecular weight excluding hydrogens is 240 g/mol. The molecular formula is C15H29N2O2+. The van der Waals surface area contributed by atoms with Gasteiger partial charge in [-0.25, -0.2) is 9.53 Å². The number of rotatable bonds is 3. The van der Waals surface area contributed by atoms with Crippen molar-refractivity contribution in [2.75, 3.05) is 6.54 Å². The maximum absolute atomic E-state index is 12.5. The van der Waals surface area contributed by atoms with E-state index < -0.39 is 0 Å². The highest BCUT2D eigenvalue weighted by molar-refractivity contribution is 5.67. The molecule has 0 spiro atoms. The largest absolute Gasteiger partial charge is 0.624 e. The number of quaternary nitrogens is 1. The molecule has 0 radical (unpaired) electrons. The first-order valence-electron chi connectivity index (χ1n) is 7.18. The molecule has 1 rings (SSSR count). The molecule has 19 heavy (non-hydrogen) atoms. The zero-order chi connectivity index (χ0) is 15.1. The molecule has 0 N–H and O–H groups in total. The van der Waals surface area contributed by atoms with Crippen molar-refractivity contribution < 1.29 is 14.0 Å². The fraction of sp³-hybridized carbons (Fsp3) is 0.867. The van der Waals surface area contributed by atoms with Gasteiger partial charge in [0.05, 0.1) is 26.3 Å². The lowest BCUT2D eigenvalue weighted by molar-refractivity contribution is -0.957. The Bertz CT molecular complexity index is 368. The number of carbonyl (C=O) groups is 1. The van der Waals surface area contributed by atoms with Gasteiger partial charge in [-0.2, -0.15) is 0 Å². The number of hydrogen-bond donors (Lipinski definition) is 0. The summed E-state index contributed by atoms with van der Waals surface area (Å²) in [6.07, 6.45) is 2.38. The van der Waals surface area contributed by atoms with Gasteiger partial charge in [-0.05, 0) is 34.1 Å². The van der Waals surface area contributed by atoms with Crippen LogP contribution in [0.3, 0.4) is 0 Å². The van der Waals surface area contributed by atoms with Crippen LogP contribution in [0.15, 0.2) is 0 Å². The van der Waals surface area contributed by atoms with Gasteiger partial charge in [0.1, 0.15) is 17.8 Å². The van der Waals surface area contributed by atoms with Crippen molar-refractivity contribution >= 4 is 12.6 Å². The van der Waals surface area contributed by atoms with E-state index in [-0.39, 0.29) is 23.0 Å². The summed E-state index contributed by atoms with van der Waals surface area (Å²) in [6.45, 7) is 16.6. The maximum atomic E-state index is 12.5. The third-order valence-electron chi connectivity index (χ3n) is 5.04. The van der Waals surface area contributed by atoms with Crippen LogP contribution in [-0.2, 0) is 4.79 Å². The topological polar surface area (TPSA) is 43.1 Å². The van der Waals surface area contributed by atoms with Crippen molar-refractivity contribution in [3.05, 3.63) is 5.21 Å². The van der Waals surface area contributed by atoms with Gasteiger partial charge in [0.2, 0.25) is 0 Å². The normalized spacial score (nSPS) is 32.8. The van der Waals surface area contributed by atoms with Crippen LogP contribution in [0.2, 0.25) is 0 Å². The molecule has 4 nitrogen and oxygen atoms in total. The van der Waals surface area contributed by atoms with Gasteiger partial charge in [0.25, 0.3) is 0 Å². The third-order valence-corrected chi connectivity index (χ3v) is 5.04. The molecule has 1 heterocycles. The number of piperidine rings is 1. The number of hydroxylamine groups is 1. The van der Waals surface area contributed by atoms with Crippen LogP contribution in [-0.4, -0.2) is 45.5 Å². The summed E-state index contributed by atoms with van der Waals surface area (Å²) in [5.41, 5.74) is -0.483. The van der Waals surface area contributed by atoms with Crippen LogP contribution >= 0.6 is 0 Å². The standard InChI is InChI=1S/C15H29N2O2/c1-8-9-17(12(2)18)14(3,4)10-13(16(7)19)11-15(17,5)6/h13H,7-11H2,1-6H3/q+1. The van der Waals surface area contributed by atoms with Crippen LogP contribution in [0.1, 0.15) is 60.8 Å². The molecule has 1 aliphatic heterocycles. The van der Waals surface area contributed by atoms with Gasteiger partial charge in [0.15, 0.2) is 6.04 Å².